The highest BCUT2D eigenvalue weighted by Gasteiger charge is 2.23. The van der Waals surface area contributed by atoms with Gasteiger partial charge in [0.05, 0.1) is 10.5 Å². The highest BCUT2D eigenvalue weighted by molar-refractivity contribution is 7.89. The molecule has 3 aromatic rings. The maximum Gasteiger partial charge on any atom is 0.338 e. The minimum Gasteiger partial charge on any atom is -0.454 e. The molecule has 0 N–H and O–H groups in total. The van der Waals surface area contributed by atoms with Crippen LogP contribution in [0.2, 0.25) is 0 Å². The molecular weight excluding hydrogens is 446 g/mol. The molecule has 0 aliphatic heterocycles. The molecule has 0 fully saturated rings. The van der Waals surface area contributed by atoms with Crippen molar-refractivity contribution in [3.8, 4) is 5.82 Å². The molecule has 0 spiro atoms. The van der Waals surface area contributed by atoms with Crippen molar-refractivity contribution >= 4 is 21.8 Å². The van der Waals surface area contributed by atoms with Gasteiger partial charge in [0.25, 0.3) is 0 Å². The third-order valence-corrected chi connectivity index (χ3v) is 7.41. The number of ketones is 1. The van der Waals surface area contributed by atoms with Gasteiger partial charge < -0.3 is 9.26 Å². The van der Waals surface area contributed by atoms with E-state index in [1.807, 2.05) is 6.92 Å². The Morgan fingerprint density at radius 2 is 1.70 bits per heavy atom. The SMILES string of the molecule is CCN(CC)S(=O)(=O)c1ccc(C(=O)OCC(=O)c2cc(C)n(-c3cc(C)on3)c2C)cc1. The van der Waals surface area contributed by atoms with Gasteiger partial charge >= 0.3 is 5.97 Å². The molecule has 176 valence electrons. The molecule has 0 saturated heterocycles. The first-order chi connectivity index (χ1) is 15.6. The van der Waals surface area contributed by atoms with Crippen LogP contribution in [0.15, 0.2) is 45.8 Å². The molecule has 0 unspecified atom stereocenters. The number of sulfonamides is 1. The van der Waals surface area contributed by atoms with Gasteiger partial charge in [0, 0.05) is 36.1 Å². The van der Waals surface area contributed by atoms with E-state index < -0.39 is 22.6 Å². The van der Waals surface area contributed by atoms with Crippen LogP contribution in [0.1, 0.15) is 51.7 Å². The first-order valence-electron chi connectivity index (χ1n) is 10.5. The number of benzene rings is 1. The number of aromatic nitrogens is 2. The van der Waals surface area contributed by atoms with Crippen LogP contribution in [0, 0.1) is 20.8 Å². The molecule has 10 heteroatoms. The van der Waals surface area contributed by atoms with Crippen molar-refractivity contribution in [2.45, 2.75) is 39.5 Å². The molecule has 0 aliphatic rings. The smallest absolute Gasteiger partial charge is 0.338 e. The van der Waals surface area contributed by atoms with Crippen LogP contribution in [-0.2, 0) is 14.8 Å². The van der Waals surface area contributed by atoms with E-state index in [1.54, 1.807) is 44.4 Å². The molecule has 0 saturated carbocycles. The standard InChI is InChI=1S/C23H27N3O6S/c1-6-25(7-2)33(29,30)19-10-8-18(9-11-19)23(28)31-14-21(27)20-12-15(3)26(17(20)5)22-13-16(4)32-24-22/h8-13H,6-7,14H2,1-5H3. The zero-order valence-corrected chi connectivity index (χ0v) is 20.1. The summed E-state index contributed by atoms with van der Waals surface area (Å²) in [6.07, 6.45) is 0. The predicted molar refractivity (Wildman–Crippen MR) is 121 cm³/mol. The second kappa shape index (κ2) is 9.72. The van der Waals surface area contributed by atoms with E-state index in [4.69, 9.17) is 9.26 Å². The first-order valence-corrected chi connectivity index (χ1v) is 12.0. The van der Waals surface area contributed by atoms with E-state index in [2.05, 4.69) is 5.16 Å². The van der Waals surface area contributed by atoms with Gasteiger partial charge in [0.2, 0.25) is 15.8 Å². The fourth-order valence-corrected chi connectivity index (χ4v) is 5.08. The lowest BCUT2D eigenvalue weighted by Gasteiger charge is -2.18. The zero-order valence-electron chi connectivity index (χ0n) is 19.3. The second-order valence-electron chi connectivity index (χ2n) is 7.53. The molecule has 1 aromatic carbocycles. The van der Waals surface area contributed by atoms with Crippen LogP contribution in [0.3, 0.4) is 0 Å². The van der Waals surface area contributed by atoms with Gasteiger partial charge in [-0.05, 0) is 51.1 Å². The minimum atomic E-state index is -3.62. The van der Waals surface area contributed by atoms with Crippen molar-refractivity contribution < 1.29 is 27.3 Å². The Bertz CT molecular complexity index is 1270. The van der Waals surface area contributed by atoms with Crippen molar-refractivity contribution in [1.82, 2.24) is 14.0 Å². The summed E-state index contributed by atoms with van der Waals surface area (Å²) in [5, 5.41) is 3.99. The number of esters is 1. The summed E-state index contributed by atoms with van der Waals surface area (Å²) in [5.41, 5.74) is 2.03. The van der Waals surface area contributed by atoms with Crippen molar-refractivity contribution in [1.29, 1.82) is 0 Å². The molecule has 0 aliphatic carbocycles. The number of carbonyl (C=O) groups excluding carboxylic acids is 2. The van der Waals surface area contributed by atoms with E-state index in [9.17, 15) is 18.0 Å². The number of carbonyl (C=O) groups is 2. The number of hydrogen-bond donors (Lipinski definition) is 0. The number of rotatable bonds is 9. The Hall–Kier alpha value is -3.24. The van der Waals surface area contributed by atoms with Gasteiger partial charge in [-0.1, -0.05) is 19.0 Å². The van der Waals surface area contributed by atoms with Gasteiger partial charge in [-0.3, -0.25) is 9.36 Å². The van der Waals surface area contributed by atoms with Crippen LogP contribution in [0.4, 0.5) is 0 Å². The monoisotopic (exact) mass is 473 g/mol. The zero-order chi connectivity index (χ0) is 24.3. The molecule has 0 bridgehead atoms. The Morgan fingerprint density at radius 1 is 1.06 bits per heavy atom. The molecule has 0 radical (unpaired) electrons. The quantitative estimate of drug-likeness (QED) is 0.346. The van der Waals surface area contributed by atoms with Gasteiger partial charge in [0.1, 0.15) is 5.76 Å². The lowest BCUT2D eigenvalue weighted by Crippen LogP contribution is -2.30. The topological polar surface area (TPSA) is 112 Å². The molecule has 0 atom stereocenters. The largest absolute Gasteiger partial charge is 0.454 e. The average Bonchev–Trinajstić information content (AvgIpc) is 3.34. The Morgan fingerprint density at radius 3 is 2.24 bits per heavy atom. The van der Waals surface area contributed by atoms with Crippen LogP contribution in [0.25, 0.3) is 5.82 Å². The van der Waals surface area contributed by atoms with E-state index in [0.29, 0.717) is 35.9 Å². The summed E-state index contributed by atoms with van der Waals surface area (Å²) in [7, 11) is -3.62. The van der Waals surface area contributed by atoms with Crippen molar-refractivity contribution in [2.24, 2.45) is 0 Å². The number of Topliss-reactive ketones (excluding diaryl/α,β-unsaturated/α-hetero) is 1. The Balaban J connectivity index is 1.70. The summed E-state index contributed by atoms with van der Waals surface area (Å²) >= 11 is 0. The molecule has 9 nitrogen and oxygen atoms in total. The summed E-state index contributed by atoms with van der Waals surface area (Å²) in [6, 6.07) is 8.95. The molecular formula is C23H27N3O6S. The number of ether oxygens (including phenoxy) is 1. The number of aryl methyl sites for hydroxylation is 2. The van der Waals surface area contributed by atoms with Crippen molar-refractivity contribution in [3.05, 3.63) is 64.7 Å². The van der Waals surface area contributed by atoms with Crippen LogP contribution in [-0.4, -0.2) is 53.9 Å². The molecule has 33 heavy (non-hydrogen) atoms. The molecule has 2 heterocycles. The molecule has 2 aromatic heterocycles. The van der Waals surface area contributed by atoms with Crippen LogP contribution in [0.5, 0.6) is 0 Å². The van der Waals surface area contributed by atoms with Crippen LogP contribution >= 0.6 is 0 Å². The van der Waals surface area contributed by atoms with Gasteiger partial charge in [-0.25, -0.2) is 13.2 Å². The van der Waals surface area contributed by atoms with Gasteiger partial charge in [0.15, 0.2) is 12.4 Å². The lowest BCUT2D eigenvalue weighted by molar-refractivity contribution is 0.0474. The van der Waals surface area contributed by atoms with Gasteiger partial charge in [-0.15, -0.1) is 0 Å². The fourth-order valence-electron chi connectivity index (χ4n) is 3.62. The Labute approximate surface area is 193 Å². The van der Waals surface area contributed by atoms with E-state index in [-0.39, 0.29) is 16.2 Å². The maximum atomic E-state index is 12.7. The summed E-state index contributed by atoms with van der Waals surface area (Å²) in [6.45, 7) is 9.17. The Kier molecular flexibility index (Phi) is 7.19. The minimum absolute atomic E-state index is 0.0920. The highest BCUT2D eigenvalue weighted by atomic mass is 32.2. The molecule has 0 amide bonds. The lowest BCUT2D eigenvalue weighted by atomic mass is 10.1. The fraction of sp³-hybridized carbons (Fsp3) is 0.348. The van der Waals surface area contributed by atoms with E-state index in [1.165, 1.54) is 28.6 Å². The van der Waals surface area contributed by atoms with Crippen molar-refractivity contribution in [3.63, 3.8) is 0 Å². The third kappa shape index (κ3) is 4.91. The summed E-state index contributed by atoms with van der Waals surface area (Å²) < 4.78 is 38.6. The average molecular weight is 474 g/mol. The van der Waals surface area contributed by atoms with Crippen LogP contribution < -0.4 is 0 Å². The van der Waals surface area contributed by atoms with E-state index >= 15 is 0 Å². The maximum absolute atomic E-state index is 12.7. The number of nitrogens with zero attached hydrogens (tertiary/aromatic N) is 3. The third-order valence-electron chi connectivity index (χ3n) is 5.34. The highest BCUT2D eigenvalue weighted by Crippen LogP contribution is 2.22. The number of hydrogen-bond acceptors (Lipinski definition) is 7. The van der Waals surface area contributed by atoms with Gasteiger partial charge in [-0.2, -0.15) is 4.31 Å². The normalized spacial score (nSPS) is 11.7. The summed E-state index contributed by atoms with van der Waals surface area (Å²) in [5.74, 6) is 0.147. The summed E-state index contributed by atoms with van der Waals surface area (Å²) in [4.78, 5) is 25.2. The van der Waals surface area contributed by atoms with E-state index in [0.717, 1.165) is 5.69 Å². The first kappa shape index (κ1) is 24.4. The van der Waals surface area contributed by atoms with Crippen molar-refractivity contribution in [2.75, 3.05) is 19.7 Å². The molecule has 3 rings (SSSR count). The predicted octanol–water partition coefficient (Wildman–Crippen LogP) is 3.46. The second-order valence-corrected chi connectivity index (χ2v) is 9.47.